The van der Waals surface area contributed by atoms with Gasteiger partial charge in [-0.1, -0.05) is 12.1 Å². The Labute approximate surface area is 83.0 Å². The van der Waals surface area contributed by atoms with E-state index < -0.39 is 0 Å². The molecule has 1 aromatic carbocycles. The van der Waals surface area contributed by atoms with Gasteiger partial charge >= 0.3 is 0 Å². The summed E-state index contributed by atoms with van der Waals surface area (Å²) >= 11 is 0. The van der Waals surface area contributed by atoms with Gasteiger partial charge in [0.15, 0.2) is 0 Å². The number of imidazole rings is 1. The van der Waals surface area contributed by atoms with Crippen molar-refractivity contribution in [3.63, 3.8) is 0 Å². The van der Waals surface area contributed by atoms with E-state index in [0.29, 0.717) is 0 Å². The molecule has 0 bridgehead atoms. The molecule has 1 heterocycles. The molecule has 0 unspecified atom stereocenters. The van der Waals surface area contributed by atoms with E-state index >= 15 is 0 Å². The van der Waals surface area contributed by atoms with Crippen LogP contribution in [-0.4, -0.2) is 16.7 Å². The van der Waals surface area contributed by atoms with E-state index in [2.05, 4.69) is 4.98 Å². The standard InChI is InChI=1S/C11H12N2O/c1-13-7-10(12-8-13)9-5-3-4-6-11(9)14-2/h3-8H,1-2H3. The Morgan fingerprint density at radius 2 is 2.07 bits per heavy atom. The van der Waals surface area contributed by atoms with Gasteiger partial charge in [-0.05, 0) is 12.1 Å². The van der Waals surface area contributed by atoms with Crippen molar-refractivity contribution in [3.8, 4) is 17.0 Å². The Bertz CT molecular complexity index is 434. The number of benzene rings is 1. The SMILES string of the molecule is COc1ccccc1-c1cn(C)cn1. The van der Waals surface area contributed by atoms with E-state index in [4.69, 9.17) is 4.74 Å². The van der Waals surface area contributed by atoms with Crippen LogP contribution in [0.2, 0.25) is 0 Å². The average molecular weight is 188 g/mol. The maximum atomic E-state index is 5.26. The number of nitrogens with zero attached hydrogens (tertiary/aromatic N) is 2. The molecule has 3 nitrogen and oxygen atoms in total. The second-order valence-corrected chi connectivity index (χ2v) is 3.12. The van der Waals surface area contributed by atoms with Gasteiger partial charge in [0, 0.05) is 18.8 Å². The van der Waals surface area contributed by atoms with Gasteiger partial charge in [-0.15, -0.1) is 0 Å². The van der Waals surface area contributed by atoms with Gasteiger partial charge < -0.3 is 9.30 Å². The quantitative estimate of drug-likeness (QED) is 0.721. The van der Waals surface area contributed by atoms with Crippen LogP contribution in [0, 0.1) is 0 Å². The molecule has 0 aliphatic heterocycles. The number of aromatic nitrogens is 2. The second-order valence-electron chi connectivity index (χ2n) is 3.12. The molecule has 0 aliphatic rings. The Balaban J connectivity index is 2.50. The van der Waals surface area contributed by atoms with E-state index in [-0.39, 0.29) is 0 Å². The van der Waals surface area contributed by atoms with Gasteiger partial charge in [-0.3, -0.25) is 0 Å². The molecule has 0 saturated carbocycles. The van der Waals surface area contributed by atoms with Crippen LogP contribution in [0.3, 0.4) is 0 Å². The fourth-order valence-corrected chi connectivity index (χ4v) is 1.41. The first kappa shape index (κ1) is 8.81. The van der Waals surface area contributed by atoms with Crippen molar-refractivity contribution in [2.45, 2.75) is 0 Å². The minimum atomic E-state index is 0.853. The van der Waals surface area contributed by atoms with Crippen LogP contribution in [0.1, 0.15) is 0 Å². The normalized spacial score (nSPS) is 10.1. The Morgan fingerprint density at radius 3 is 2.71 bits per heavy atom. The maximum Gasteiger partial charge on any atom is 0.128 e. The highest BCUT2D eigenvalue weighted by Crippen LogP contribution is 2.27. The Kier molecular flexibility index (Phi) is 2.23. The molecular formula is C11H12N2O. The summed E-state index contributed by atoms with van der Waals surface area (Å²) in [5.41, 5.74) is 1.96. The molecule has 0 amide bonds. The topological polar surface area (TPSA) is 27.1 Å². The van der Waals surface area contributed by atoms with Crippen LogP contribution in [-0.2, 0) is 7.05 Å². The van der Waals surface area contributed by atoms with Crippen molar-refractivity contribution in [1.82, 2.24) is 9.55 Å². The summed E-state index contributed by atoms with van der Waals surface area (Å²) in [5.74, 6) is 0.853. The minimum Gasteiger partial charge on any atom is -0.496 e. The number of hydrogen-bond acceptors (Lipinski definition) is 2. The lowest BCUT2D eigenvalue weighted by atomic mass is 10.1. The summed E-state index contributed by atoms with van der Waals surface area (Å²) in [6.07, 6.45) is 3.75. The molecule has 2 aromatic rings. The van der Waals surface area contributed by atoms with Crippen molar-refractivity contribution < 1.29 is 4.74 Å². The van der Waals surface area contributed by atoms with E-state index in [1.165, 1.54) is 0 Å². The van der Waals surface area contributed by atoms with Crippen LogP contribution in [0.25, 0.3) is 11.3 Å². The monoisotopic (exact) mass is 188 g/mol. The number of aryl methyl sites for hydroxylation is 1. The zero-order valence-corrected chi connectivity index (χ0v) is 8.27. The van der Waals surface area contributed by atoms with Crippen LogP contribution in [0.5, 0.6) is 5.75 Å². The van der Waals surface area contributed by atoms with E-state index in [9.17, 15) is 0 Å². The summed E-state index contributed by atoms with van der Waals surface area (Å²) in [4.78, 5) is 4.28. The lowest BCUT2D eigenvalue weighted by Gasteiger charge is -2.04. The van der Waals surface area contributed by atoms with Crippen LogP contribution < -0.4 is 4.74 Å². The molecule has 0 saturated heterocycles. The number of methoxy groups -OCH3 is 1. The number of rotatable bonds is 2. The van der Waals surface area contributed by atoms with Crippen LogP contribution >= 0.6 is 0 Å². The zero-order valence-electron chi connectivity index (χ0n) is 8.27. The zero-order chi connectivity index (χ0) is 9.97. The largest absolute Gasteiger partial charge is 0.496 e. The first-order chi connectivity index (χ1) is 6.81. The molecule has 0 atom stereocenters. The van der Waals surface area contributed by atoms with Gasteiger partial charge in [0.2, 0.25) is 0 Å². The van der Waals surface area contributed by atoms with E-state index in [1.54, 1.807) is 13.4 Å². The maximum absolute atomic E-state index is 5.26. The summed E-state index contributed by atoms with van der Waals surface area (Å²) < 4.78 is 7.18. The highest BCUT2D eigenvalue weighted by Gasteiger charge is 2.06. The Morgan fingerprint density at radius 1 is 1.29 bits per heavy atom. The molecule has 0 aliphatic carbocycles. The first-order valence-electron chi connectivity index (χ1n) is 4.42. The molecule has 0 fully saturated rings. The molecule has 2 rings (SSSR count). The predicted molar refractivity (Wildman–Crippen MR) is 55.2 cm³/mol. The number of ether oxygens (including phenoxy) is 1. The van der Waals surface area contributed by atoms with Crippen molar-refractivity contribution in [1.29, 1.82) is 0 Å². The highest BCUT2D eigenvalue weighted by atomic mass is 16.5. The van der Waals surface area contributed by atoms with Gasteiger partial charge in [-0.25, -0.2) is 4.98 Å². The highest BCUT2D eigenvalue weighted by molar-refractivity contribution is 5.66. The lowest BCUT2D eigenvalue weighted by molar-refractivity contribution is 0.416. The number of hydrogen-bond donors (Lipinski definition) is 0. The van der Waals surface area contributed by atoms with Crippen molar-refractivity contribution in [3.05, 3.63) is 36.8 Å². The third kappa shape index (κ3) is 1.48. The van der Waals surface area contributed by atoms with Crippen LogP contribution in [0.15, 0.2) is 36.8 Å². The molecular weight excluding hydrogens is 176 g/mol. The summed E-state index contributed by atoms with van der Waals surface area (Å²) in [6.45, 7) is 0. The fraction of sp³-hybridized carbons (Fsp3) is 0.182. The van der Waals surface area contributed by atoms with Gasteiger partial charge in [0.1, 0.15) is 5.75 Å². The third-order valence-electron chi connectivity index (χ3n) is 2.09. The van der Waals surface area contributed by atoms with E-state index in [1.807, 2.05) is 42.1 Å². The summed E-state index contributed by atoms with van der Waals surface area (Å²) in [7, 11) is 3.62. The van der Waals surface area contributed by atoms with Gasteiger partial charge in [0.25, 0.3) is 0 Å². The molecule has 0 spiro atoms. The third-order valence-corrected chi connectivity index (χ3v) is 2.09. The van der Waals surface area contributed by atoms with Crippen molar-refractivity contribution >= 4 is 0 Å². The Hall–Kier alpha value is -1.77. The number of para-hydroxylation sites is 1. The van der Waals surface area contributed by atoms with E-state index in [0.717, 1.165) is 17.0 Å². The smallest absolute Gasteiger partial charge is 0.128 e. The molecule has 0 radical (unpaired) electrons. The summed E-state index contributed by atoms with van der Waals surface area (Å²) in [6, 6.07) is 7.86. The van der Waals surface area contributed by atoms with Crippen molar-refractivity contribution in [2.24, 2.45) is 7.05 Å². The fourth-order valence-electron chi connectivity index (χ4n) is 1.41. The lowest BCUT2D eigenvalue weighted by Crippen LogP contribution is -1.87. The van der Waals surface area contributed by atoms with Crippen molar-refractivity contribution in [2.75, 3.05) is 7.11 Å². The molecule has 72 valence electrons. The molecule has 3 heteroatoms. The van der Waals surface area contributed by atoms with Crippen LogP contribution in [0.4, 0.5) is 0 Å². The molecule has 1 aromatic heterocycles. The molecule has 0 N–H and O–H groups in total. The predicted octanol–water partition coefficient (Wildman–Crippen LogP) is 2.10. The van der Waals surface area contributed by atoms with Gasteiger partial charge in [-0.2, -0.15) is 0 Å². The average Bonchev–Trinajstić information content (AvgIpc) is 2.65. The first-order valence-corrected chi connectivity index (χ1v) is 4.42. The minimum absolute atomic E-state index is 0.853. The molecule has 14 heavy (non-hydrogen) atoms. The summed E-state index contributed by atoms with van der Waals surface area (Å²) in [5, 5.41) is 0. The second kappa shape index (κ2) is 3.54. The van der Waals surface area contributed by atoms with Gasteiger partial charge in [0.05, 0.1) is 19.1 Å².